The first-order valence-electron chi connectivity index (χ1n) is 22.8. The van der Waals surface area contributed by atoms with Gasteiger partial charge in [0.05, 0.1) is 11.4 Å². The number of hydrogen-bond donors (Lipinski definition) is 0. The van der Waals surface area contributed by atoms with E-state index in [1.807, 2.05) is 12.4 Å². The van der Waals surface area contributed by atoms with Gasteiger partial charge >= 0.3 is 0 Å². The van der Waals surface area contributed by atoms with Crippen LogP contribution in [-0.4, -0.2) is 19.1 Å². The highest BCUT2D eigenvalue weighted by atomic mass is 15.1. The van der Waals surface area contributed by atoms with Crippen LogP contribution in [0.1, 0.15) is 124 Å². The Morgan fingerprint density at radius 3 is 1.19 bits per heavy atom. The van der Waals surface area contributed by atoms with Crippen molar-refractivity contribution in [3.8, 4) is 45.3 Å². The van der Waals surface area contributed by atoms with Gasteiger partial charge < -0.3 is 0 Å². The summed E-state index contributed by atoms with van der Waals surface area (Å²) in [7, 11) is 0. The Bertz CT molecular complexity index is 2670. The number of para-hydroxylation sites is 1. The van der Waals surface area contributed by atoms with Crippen molar-refractivity contribution in [2.24, 2.45) is 0 Å². The van der Waals surface area contributed by atoms with Crippen LogP contribution in [0.2, 0.25) is 0 Å². The van der Waals surface area contributed by atoms with Gasteiger partial charge in [-0.2, -0.15) is 0 Å². The molecule has 0 saturated heterocycles. The van der Waals surface area contributed by atoms with E-state index < -0.39 is 0 Å². The third kappa shape index (κ3) is 9.16. The lowest BCUT2D eigenvalue weighted by Gasteiger charge is -2.23. The van der Waals surface area contributed by atoms with E-state index in [4.69, 9.17) is 9.97 Å². The number of nitrogens with zero attached hydrogens (tertiary/aromatic N) is 4. The average Bonchev–Trinajstić information content (AvgIpc) is 3.99. The molecule has 2 heterocycles. The van der Waals surface area contributed by atoms with Gasteiger partial charge in [0.15, 0.2) is 0 Å². The van der Waals surface area contributed by atoms with Gasteiger partial charge in [0.2, 0.25) is 0 Å². The fraction of sp³-hybridized carbons (Fsp3) is 0.276. The minimum Gasteiger partial charge on any atom is -0.299 e. The van der Waals surface area contributed by atoms with Crippen molar-refractivity contribution in [1.82, 2.24) is 19.1 Å². The van der Waals surface area contributed by atoms with E-state index in [1.54, 1.807) is 0 Å². The van der Waals surface area contributed by atoms with Crippen LogP contribution in [0.5, 0.6) is 0 Å². The molecule has 0 aliphatic rings. The summed E-state index contributed by atoms with van der Waals surface area (Å²) in [5.41, 5.74) is 18.2. The second kappa shape index (κ2) is 18.8. The summed E-state index contributed by atoms with van der Waals surface area (Å²) in [4.78, 5) is 9.77. The Hall–Kier alpha value is -6.26. The minimum absolute atomic E-state index is 0.355. The zero-order chi connectivity index (χ0) is 43.3. The van der Waals surface area contributed by atoms with Crippen LogP contribution < -0.4 is 0 Å². The van der Waals surface area contributed by atoms with Gasteiger partial charge in [-0.1, -0.05) is 177 Å². The molecule has 8 rings (SSSR count). The summed E-state index contributed by atoms with van der Waals surface area (Å²) in [5, 5.41) is 0. The Kier molecular flexibility index (Phi) is 12.9. The van der Waals surface area contributed by atoms with Gasteiger partial charge in [0.25, 0.3) is 0 Å². The molecule has 0 fully saturated rings. The second-order valence-corrected chi connectivity index (χ2v) is 18.2. The van der Waals surface area contributed by atoms with Crippen LogP contribution in [0.15, 0.2) is 158 Å². The molecule has 62 heavy (non-hydrogen) atoms. The molecule has 0 radical (unpaired) electrons. The van der Waals surface area contributed by atoms with Crippen molar-refractivity contribution in [1.29, 1.82) is 0 Å². The van der Waals surface area contributed by atoms with Crippen molar-refractivity contribution < 1.29 is 0 Å². The maximum Gasteiger partial charge on any atom is 0.144 e. The zero-order valence-corrected chi connectivity index (χ0v) is 37.9. The molecule has 0 unspecified atom stereocenters. The first kappa shape index (κ1) is 42.4. The highest BCUT2D eigenvalue weighted by Crippen LogP contribution is 2.38. The first-order valence-corrected chi connectivity index (χ1v) is 22.8. The van der Waals surface area contributed by atoms with Gasteiger partial charge in [0, 0.05) is 35.9 Å². The number of aryl methyl sites for hydroxylation is 4. The van der Waals surface area contributed by atoms with Crippen molar-refractivity contribution in [2.45, 2.75) is 105 Å². The highest BCUT2D eigenvalue weighted by molar-refractivity contribution is 5.71. The number of benzene rings is 6. The molecular weight excluding hydrogens is 753 g/mol. The van der Waals surface area contributed by atoms with E-state index in [9.17, 15) is 0 Å². The lowest BCUT2D eigenvalue weighted by molar-refractivity contribution is 0.806. The molecule has 314 valence electrons. The molecule has 8 aromatic rings. The summed E-state index contributed by atoms with van der Waals surface area (Å²) < 4.78 is 4.62. The first-order chi connectivity index (χ1) is 30.0. The summed E-state index contributed by atoms with van der Waals surface area (Å²) in [6.07, 6.45) is 12.1. The van der Waals surface area contributed by atoms with Gasteiger partial charge in [0.1, 0.15) is 11.6 Å². The van der Waals surface area contributed by atoms with Crippen molar-refractivity contribution in [2.75, 3.05) is 0 Å². The number of imidazole rings is 2. The molecular formula is C58H62N4. The maximum atomic E-state index is 4.92. The SMILES string of the molecule is CC(C)c1cccc(C(C)C)c1-n1ccnc1-c1ccc(CCc2cccc(CCc3ccc(-c4nccn4-c4c(C(C)C)cc(-c5ccccc5)cc4C(C)C)cc3)c2)cc1. The molecule has 4 nitrogen and oxygen atoms in total. The molecule has 6 aromatic carbocycles. The fourth-order valence-electron chi connectivity index (χ4n) is 8.98. The molecule has 0 bridgehead atoms. The van der Waals surface area contributed by atoms with E-state index in [-0.39, 0.29) is 0 Å². The number of aromatic nitrogens is 4. The van der Waals surface area contributed by atoms with E-state index in [1.165, 1.54) is 67.0 Å². The molecule has 0 saturated carbocycles. The van der Waals surface area contributed by atoms with Crippen LogP contribution >= 0.6 is 0 Å². The molecule has 0 aliphatic carbocycles. The lowest BCUT2D eigenvalue weighted by Crippen LogP contribution is -2.08. The average molecular weight is 815 g/mol. The van der Waals surface area contributed by atoms with Gasteiger partial charge in [-0.25, -0.2) is 9.97 Å². The van der Waals surface area contributed by atoms with Crippen LogP contribution in [0.25, 0.3) is 45.3 Å². The quantitative estimate of drug-likeness (QED) is 0.103. The van der Waals surface area contributed by atoms with Crippen molar-refractivity contribution in [3.63, 3.8) is 0 Å². The minimum atomic E-state index is 0.355. The van der Waals surface area contributed by atoms with Crippen LogP contribution in [-0.2, 0) is 25.7 Å². The predicted octanol–water partition coefficient (Wildman–Crippen LogP) is 15.1. The highest BCUT2D eigenvalue weighted by Gasteiger charge is 2.22. The predicted molar refractivity (Wildman–Crippen MR) is 261 cm³/mol. The standard InChI is InChI=1S/C58H62N4/c1-39(2)51-18-13-19-52(40(3)4)55(51)61-34-32-59-57(61)48-28-24-43(25-29-48)20-22-45-14-12-15-46(36-45)23-21-44-26-30-49(31-27-44)58-60-33-35-62(58)56-53(41(5)6)37-50(38-54(56)42(7)8)47-16-10-9-11-17-47/h9-19,24-42H,20-23H2,1-8H3. The smallest absolute Gasteiger partial charge is 0.144 e. The van der Waals surface area contributed by atoms with Crippen molar-refractivity contribution in [3.05, 3.63) is 203 Å². The monoisotopic (exact) mass is 814 g/mol. The normalized spacial score (nSPS) is 11.7. The van der Waals surface area contributed by atoms with Crippen molar-refractivity contribution >= 4 is 0 Å². The fourth-order valence-corrected chi connectivity index (χ4v) is 8.98. The van der Waals surface area contributed by atoms with Crippen LogP contribution in [0, 0.1) is 0 Å². The summed E-state index contributed by atoms with van der Waals surface area (Å²) in [6.45, 7) is 18.3. The largest absolute Gasteiger partial charge is 0.299 e. The molecule has 0 amide bonds. The summed E-state index contributed by atoms with van der Waals surface area (Å²) in [6, 6.07) is 49.5. The molecule has 2 aromatic heterocycles. The Balaban J connectivity index is 0.928. The number of hydrogen-bond acceptors (Lipinski definition) is 2. The molecule has 0 N–H and O–H groups in total. The third-order valence-electron chi connectivity index (χ3n) is 12.4. The third-order valence-corrected chi connectivity index (χ3v) is 12.4. The van der Waals surface area contributed by atoms with E-state index in [0.717, 1.165) is 48.5 Å². The van der Waals surface area contributed by atoms with Crippen LogP contribution in [0.3, 0.4) is 0 Å². The maximum absolute atomic E-state index is 4.92. The summed E-state index contributed by atoms with van der Waals surface area (Å²) in [5.74, 6) is 3.52. The van der Waals surface area contributed by atoms with Crippen LogP contribution in [0.4, 0.5) is 0 Å². The van der Waals surface area contributed by atoms with E-state index in [2.05, 4.69) is 210 Å². The lowest BCUT2D eigenvalue weighted by atomic mass is 9.88. The van der Waals surface area contributed by atoms with E-state index >= 15 is 0 Å². The molecule has 0 atom stereocenters. The topological polar surface area (TPSA) is 35.6 Å². The summed E-state index contributed by atoms with van der Waals surface area (Å²) >= 11 is 0. The Morgan fingerprint density at radius 2 is 0.758 bits per heavy atom. The zero-order valence-electron chi connectivity index (χ0n) is 37.9. The molecule has 0 aliphatic heterocycles. The Labute approximate surface area is 370 Å². The second-order valence-electron chi connectivity index (χ2n) is 18.2. The molecule has 0 spiro atoms. The number of rotatable bonds is 15. The van der Waals surface area contributed by atoms with Gasteiger partial charge in [-0.05, 0) is 117 Å². The van der Waals surface area contributed by atoms with Gasteiger partial charge in [-0.3, -0.25) is 9.13 Å². The molecule has 4 heteroatoms. The van der Waals surface area contributed by atoms with E-state index in [0.29, 0.717) is 23.7 Å². The van der Waals surface area contributed by atoms with Gasteiger partial charge in [-0.15, -0.1) is 0 Å². The Morgan fingerprint density at radius 1 is 0.355 bits per heavy atom.